The lowest BCUT2D eigenvalue weighted by Gasteiger charge is -2.26. The minimum atomic E-state index is 0.0248. The molecule has 0 bridgehead atoms. The highest BCUT2D eigenvalue weighted by Crippen LogP contribution is 2.31. The SMILES string of the molecule is O=C(CCCC(=O)N1CCOCC1)c1ccc2c(c1)OCCO2. The molecule has 6 nitrogen and oxygen atoms in total. The van der Waals surface area contributed by atoms with Crippen LogP contribution >= 0.6 is 0 Å². The Balaban J connectivity index is 1.48. The zero-order valence-corrected chi connectivity index (χ0v) is 13.1. The number of nitrogens with zero attached hydrogens (tertiary/aromatic N) is 1. The molecular formula is C17H21NO5. The molecule has 3 rings (SSSR count). The summed E-state index contributed by atoms with van der Waals surface area (Å²) in [5.74, 6) is 1.42. The van der Waals surface area contributed by atoms with Crippen LogP contribution in [0.25, 0.3) is 0 Å². The van der Waals surface area contributed by atoms with Gasteiger partial charge in [0.15, 0.2) is 17.3 Å². The van der Waals surface area contributed by atoms with Crippen molar-refractivity contribution in [2.45, 2.75) is 19.3 Å². The minimum Gasteiger partial charge on any atom is -0.486 e. The molecule has 0 aromatic heterocycles. The topological polar surface area (TPSA) is 65.1 Å². The summed E-state index contributed by atoms with van der Waals surface area (Å²) in [5, 5.41) is 0. The highest BCUT2D eigenvalue weighted by molar-refractivity contribution is 5.96. The van der Waals surface area contributed by atoms with Crippen LogP contribution in [-0.4, -0.2) is 56.1 Å². The van der Waals surface area contributed by atoms with E-state index in [9.17, 15) is 9.59 Å². The third kappa shape index (κ3) is 4.01. The maximum Gasteiger partial charge on any atom is 0.222 e. The molecule has 0 unspecified atom stereocenters. The second-order valence-corrected chi connectivity index (χ2v) is 5.63. The monoisotopic (exact) mass is 319 g/mol. The Morgan fingerprint density at radius 3 is 2.48 bits per heavy atom. The molecule has 1 aromatic carbocycles. The van der Waals surface area contributed by atoms with Crippen LogP contribution in [0.3, 0.4) is 0 Å². The number of fused-ring (bicyclic) bond motifs is 1. The van der Waals surface area contributed by atoms with Crippen LogP contribution in [0.2, 0.25) is 0 Å². The number of ketones is 1. The highest BCUT2D eigenvalue weighted by Gasteiger charge is 2.18. The predicted molar refractivity (Wildman–Crippen MR) is 83.0 cm³/mol. The first kappa shape index (κ1) is 15.8. The molecule has 0 saturated carbocycles. The van der Waals surface area contributed by atoms with Crippen molar-refractivity contribution in [1.82, 2.24) is 4.90 Å². The van der Waals surface area contributed by atoms with Crippen LogP contribution < -0.4 is 9.47 Å². The lowest BCUT2D eigenvalue weighted by molar-refractivity contribution is -0.135. The lowest BCUT2D eigenvalue weighted by Crippen LogP contribution is -2.40. The van der Waals surface area contributed by atoms with Crippen LogP contribution in [-0.2, 0) is 9.53 Å². The molecule has 124 valence electrons. The molecular weight excluding hydrogens is 298 g/mol. The molecule has 1 fully saturated rings. The van der Waals surface area contributed by atoms with Crippen LogP contribution in [0, 0.1) is 0 Å². The molecule has 0 N–H and O–H groups in total. The van der Waals surface area contributed by atoms with Gasteiger partial charge in [-0.3, -0.25) is 9.59 Å². The summed E-state index contributed by atoms with van der Waals surface area (Å²) in [7, 11) is 0. The van der Waals surface area contributed by atoms with Crippen LogP contribution in [0.15, 0.2) is 18.2 Å². The maximum atomic E-state index is 12.2. The van der Waals surface area contributed by atoms with E-state index in [1.807, 2.05) is 0 Å². The number of rotatable bonds is 5. The van der Waals surface area contributed by atoms with Gasteiger partial charge in [-0.15, -0.1) is 0 Å². The number of ether oxygens (including phenoxy) is 3. The van der Waals surface area contributed by atoms with Gasteiger partial charge in [-0.25, -0.2) is 0 Å². The fourth-order valence-electron chi connectivity index (χ4n) is 2.73. The standard InChI is InChI=1S/C17H21NO5/c19-14(2-1-3-17(20)18-6-8-21-9-7-18)13-4-5-15-16(12-13)23-11-10-22-15/h4-5,12H,1-3,6-11H2. The molecule has 1 aromatic rings. The summed E-state index contributed by atoms with van der Waals surface area (Å²) in [4.78, 5) is 26.1. The van der Waals surface area contributed by atoms with Gasteiger partial charge >= 0.3 is 0 Å². The zero-order valence-electron chi connectivity index (χ0n) is 13.1. The first-order valence-corrected chi connectivity index (χ1v) is 8.02. The van der Waals surface area contributed by atoms with Gasteiger partial charge in [0.05, 0.1) is 13.2 Å². The van der Waals surface area contributed by atoms with Crippen LogP contribution in [0.5, 0.6) is 11.5 Å². The molecule has 6 heteroatoms. The van der Waals surface area contributed by atoms with Gasteiger partial charge < -0.3 is 19.1 Å². The van der Waals surface area contributed by atoms with E-state index in [2.05, 4.69) is 0 Å². The van der Waals surface area contributed by atoms with Crippen molar-refractivity contribution in [3.63, 3.8) is 0 Å². The Kier molecular flexibility index (Phi) is 5.12. The third-order valence-electron chi connectivity index (χ3n) is 4.02. The Morgan fingerprint density at radius 1 is 0.957 bits per heavy atom. The van der Waals surface area contributed by atoms with Crippen molar-refractivity contribution < 1.29 is 23.8 Å². The zero-order chi connectivity index (χ0) is 16.1. The quantitative estimate of drug-likeness (QED) is 0.773. The van der Waals surface area contributed by atoms with Gasteiger partial charge in [-0.1, -0.05) is 0 Å². The Morgan fingerprint density at radius 2 is 1.70 bits per heavy atom. The van der Waals surface area contributed by atoms with Gasteiger partial charge in [0.1, 0.15) is 13.2 Å². The van der Waals surface area contributed by atoms with Gasteiger partial charge in [-0.05, 0) is 24.6 Å². The van der Waals surface area contributed by atoms with Crippen molar-refractivity contribution in [3.8, 4) is 11.5 Å². The van der Waals surface area contributed by atoms with E-state index < -0.39 is 0 Å². The molecule has 0 radical (unpaired) electrons. The third-order valence-corrected chi connectivity index (χ3v) is 4.02. The number of amides is 1. The normalized spacial score (nSPS) is 17.0. The van der Waals surface area contributed by atoms with Gasteiger partial charge in [0.25, 0.3) is 0 Å². The summed E-state index contributed by atoms with van der Waals surface area (Å²) < 4.78 is 16.2. The second kappa shape index (κ2) is 7.46. The molecule has 0 aliphatic carbocycles. The average Bonchev–Trinajstić information content (AvgIpc) is 2.61. The number of carbonyl (C=O) groups excluding carboxylic acids is 2. The van der Waals surface area contributed by atoms with Crippen molar-refractivity contribution in [3.05, 3.63) is 23.8 Å². The number of carbonyl (C=O) groups is 2. The van der Waals surface area contributed by atoms with E-state index in [1.165, 1.54) is 0 Å². The molecule has 0 spiro atoms. The lowest BCUT2D eigenvalue weighted by atomic mass is 10.0. The van der Waals surface area contributed by atoms with E-state index >= 15 is 0 Å². The highest BCUT2D eigenvalue weighted by atomic mass is 16.6. The van der Waals surface area contributed by atoms with E-state index in [0.29, 0.717) is 75.8 Å². The number of morpholine rings is 1. The van der Waals surface area contributed by atoms with Gasteiger partial charge in [0.2, 0.25) is 5.91 Å². The first-order valence-electron chi connectivity index (χ1n) is 8.02. The van der Waals surface area contributed by atoms with Crippen molar-refractivity contribution in [1.29, 1.82) is 0 Å². The number of Topliss-reactive ketones (excluding diaryl/α,β-unsaturated/α-hetero) is 1. The maximum absolute atomic E-state index is 12.2. The van der Waals surface area contributed by atoms with Gasteiger partial charge in [0, 0.05) is 31.5 Å². The van der Waals surface area contributed by atoms with E-state index in [0.717, 1.165) is 0 Å². The number of hydrogen-bond acceptors (Lipinski definition) is 5. The van der Waals surface area contributed by atoms with E-state index in [1.54, 1.807) is 23.1 Å². The molecule has 1 amide bonds. The largest absolute Gasteiger partial charge is 0.486 e. The number of benzene rings is 1. The summed E-state index contributed by atoms with van der Waals surface area (Å²) in [6.45, 7) is 3.52. The fourth-order valence-corrected chi connectivity index (χ4v) is 2.73. The summed E-state index contributed by atoms with van der Waals surface area (Å²) in [6, 6.07) is 5.24. The van der Waals surface area contributed by atoms with Crippen molar-refractivity contribution >= 4 is 11.7 Å². The predicted octanol–water partition coefficient (Wildman–Crippen LogP) is 1.67. The van der Waals surface area contributed by atoms with E-state index in [-0.39, 0.29) is 11.7 Å². The number of hydrogen-bond donors (Lipinski definition) is 0. The molecule has 2 heterocycles. The molecule has 2 aliphatic heterocycles. The first-order chi connectivity index (χ1) is 11.2. The van der Waals surface area contributed by atoms with E-state index in [4.69, 9.17) is 14.2 Å². The Hall–Kier alpha value is -2.08. The smallest absolute Gasteiger partial charge is 0.222 e. The molecule has 0 atom stereocenters. The summed E-state index contributed by atoms with van der Waals surface area (Å²) >= 11 is 0. The van der Waals surface area contributed by atoms with Crippen LogP contribution in [0.4, 0.5) is 0 Å². The minimum absolute atomic E-state index is 0.0248. The second-order valence-electron chi connectivity index (χ2n) is 5.63. The molecule has 1 saturated heterocycles. The Bertz CT molecular complexity index is 580. The summed E-state index contributed by atoms with van der Waals surface area (Å²) in [6.07, 6.45) is 1.31. The fraction of sp³-hybridized carbons (Fsp3) is 0.529. The van der Waals surface area contributed by atoms with Crippen molar-refractivity contribution in [2.75, 3.05) is 39.5 Å². The van der Waals surface area contributed by atoms with Gasteiger partial charge in [-0.2, -0.15) is 0 Å². The molecule has 23 heavy (non-hydrogen) atoms. The van der Waals surface area contributed by atoms with Crippen molar-refractivity contribution in [2.24, 2.45) is 0 Å². The van der Waals surface area contributed by atoms with Crippen LogP contribution in [0.1, 0.15) is 29.6 Å². The Labute approximate surface area is 135 Å². The molecule has 2 aliphatic rings. The summed E-state index contributed by atoms with van der Waals surface area (Å²) in [5.41, 5.74) is 0.605. The average molecular weight is 319 g/mol.